The summed E-state index contributed by atoms with van der Waals surface area (Å²) in [5.74, 6) is 0. The number of hydrogen-bond acceptors (Lipinski definition) is 3. The zero-order chi connectivity index (χ0) is 14.4. The first kappa shape index (κ1) is 16.5. The highest BCUT2D eigenvalue weighted by Crippen LogP contribution is 2.25. The Kier molecular flexibility index (Phi) is 6.83. The lowest BCUT2D eigenvalue weighted by atomic mass is 10.1. The summed E-state index contributed by atoms with van der Waals surface area (Å²) in [6.45, 7) is 10.3. The van der Waals surface area contributed by atoms with Gasteiger partial charge in [-0.2, -0.15) is 0 Å². The van der Waals surface area contributed by atoms with Crippen LogP contribution < -0.4 is 10.2 Å². The Hall–Kier alpha value is -0.580. The predicted molar refractivity (Wildman–Crippen MR) is 85.7 cm³/mol. The van der Waals surface area contributed by atoms with Crippen LogP contribution in [0.25, 0.3) is 0 Å². The van der Waals surface area contributed by atoms with Crippen LogP contribution in [-0.4, -0.2) is 30.3 Å². The van der Waals surface area contributed by atoms with Crippen LogP contribution >= 0.6 is 15.9 Å². The second kappa shape index (κ2) is 7.88. The first-order valence-corrected chi connectivity index (χ1v) is 7.64. The van der Waals surface area contributed by atoms with E-state index in [1.165, 1.54) is 5.56 Å². The average molecular weight is 329 g/mol. The van der Waals surface area contributed by atoms with E-state index >= 15 is 0 Å². The summed E-state index contributed by atoms with van der Waals surface area (Å²) < 4.78 is 1.11. The molecule has 0 amide bonds. The van der Waals surface area contributed by atoms with Crippen molar-refractivity contribution in [2.24, 2.45) is 0 Å². The quantitative estimate of drug-likeness (QED) is 0.807. The molecule has 1 aromatic carbocycles. The second-order valence-electron chi connectivity index (χ2n) is 5.32. The molecule has 0 bridgehead atoms. The molecule has 0 aliphatic carbocycles. The molecule has 108 valence electrons. The number of anilines is 1. The number of nitrogens with one attached hydrogen (secondary N) is 1. The first-order valence-electron chi connectivity index (χ1n) is 6.85. The van der Waals surface area contributed by atoms with Crippen molar-refractivity contribution in [3.63, 3.8) is 0 Å². The van der Waals surface area contributed by atoms with Gasteiger partial charge in [0.25, 0.3) is 0 Å². The summed E-state index contributed by atoms with van der Waals surface area (Å²) in [5, 5.41) is 12.6. The van der Waals surface area contributed by atoms with Crippen LogP contribution in [0.4, 0.5) is 5.69 Å². The lowest BCUT2D eigenvalue weighted by molar-refractivity contribution is 0.299. The van der Waals surface area contributed by atoms with Crippen molar-refractivity contribution >= 4 is 21.6 Å². The Morgan fingerprint density at radius 3 is 2.42 bits per heavy atom. The second-order valence-corrected chi connectivity index (χ2v) is 6.18. The molecule has 19 heavy (non-hydrogen) atoms. The summed E-state index contributed by atoms with van der Waals surface area (Å²) in [4.78, 5) is 2.20. The van der Waals surface area contributed by atoms with Crippen LogP contribution in [0.3, 0.4) is 0 Å². The molecule has 0 aromatic heterocycles. The van der Waals surface area contributed by atoms with Gasteiger partial charge in [-0.3, -0.25) is 0 Å². The lowest BCUT2D eigenvalue weighted by Crippen LogP contribution is -2.33. The molecule has 0 spiro atoms. The first-order chi connectivity index (χ1) is 8.95. The normalized spacial score (nSPS) is 11.4. The fourth-order valence-corrected chi connectivity index (χ4v) is 2.47. The summed E-state index contributed by atoms with van der Waals surface area (Å²) >= 11 is 3.64. The van der Waals surface area contributed by atoms with E-state index in [4.69, 9.17) is 5.11 Å². The molecule has 4 heteroatoms. The third-order valence-corrected chi connectivity index (χ3v) is 3.77. The third kappa shape index (κ3) is 5.13. The molecule has 2 N–H and O–H groups in total. The Morgan fingerprint density at radius 1 is 1.26 bits per heavy atom. The van der Waals surface area contributed by atoms with E-state index in [0.717, 1.165) is 16.7 Å². The molecule has 0 radical (unpaired) electrons. The van der Waals surface area contributed by atoms with Gasteiger partial charge in [0, 0.05) is 35.3 Å². The van der Waals surface area contributed by atoms with Crippen LogP contribution in [-0.2, 0) is 6.54 Å². The molecule has 0 unspecified atom stereocenters. The SMILES string of the molecule is CC(C)NCc1ccc(N(CCO)C(C)C)cc1Br. The van der Waals surface area contributed by atoms with Crippen LogP contribution in [0.5, 0.6) is 0 Å². The van der Waals surface area contributed by atoms with Gasteiger partial charge in [-0.05, 0) is 31.5 Å². The fourth-order valence-electron chi connectivity index (χ4n) is 1.97. The lowest BCUT2D eigenvalue weighted by Gasteiger charge is -2.28. The van der Waals surface area contributed by atoms with Crippen LogP contribution in [0.15, 0.2) is 22.7 Å². The minimum absolute atomic E-state index is 0.173. The topological polar surface area (TPSA) is 35.5 Å². The van der Waals surface area contributed by atoms with Crippen molar-refractivity contribution in [2.45, 2.75) is 46.3 Å². The van der Waals surface area contributed by atoms with Crippen LogP contribution in [0, 0.1) is 0 Å². The molecule has 1 rings (SSSR count). The van der Waals surface area contributed by atoms with Gasteiger partial charge in [-0.15, -0.1) is 0 Å². The largest absolute Gasteiger partial charge is 0.395 e. The predicted octanol–water partition coefficient (Wildman–Crippen LogP) is 3.15. The van der Waals surface area contributed by atoms with E-state index < -0.39 is 0 Å². The van der Waals surface area contributed by atoms with Crippen molar-refractivity contribution in [3.8, 4) is 0 Å². The highest BCUT2D eigenvalue weighted by molar-refractivity contribution is 9.10. The van der Waals surface area contributed by atoms with Gasteiger partial charge in [0.05, 0.1) is 6.61 Å². The highest BCUT2D eigenvalue weighted by atomic mass is 79.9. The monoisotopic (exact) mass is 328 g/mol. The molecule has 0 fully saturated rings. The number of benzene rings is 1. The molecule has 0 heterocycles. The molecule has 1 aromatic rings. The van der Waals surface area contributed by atoms with Crippen LogP contribution in [0.1, 0.15) is 33.3 Å². The van der Waals surface area contributed by atoms with E-state index in [1.54, 1.807) is 0 Å². The number of hydrogen-bond donors (Lipinski definition) is 2. The van der Waals surface area contributed by atoms with Gasteiger partial charge >= 0.3 is 0 Å². The van der Waals surface area contributed by atoms with E-state index in [0.29, 0.717) is 18.6 Å². The van der Waals surface area contributed by atoms with Crippen molar-refractivity contribution < 1.29 is 5.11 Å². The Labute approximate surface area is 125 Å². The van der Waals surface area contributed by atoms with Gasteiger partial charge < -0.3 is 15.3 Å². The molecular weight excluding hydrogens is 304 g/mol. The van der Waals surface area contributed by atoms with Gasteiger partial charge in [0.1, 0.15) is 0 Å². The Morgan fingerprint density at radius 2 is 1.95 bits per heavy atom. The van der Waals surface area contributed by atoms with Crippen molar-refractivity contribution in [2.75, 3.05) is 18.1 Å². The molecule has 0 saturated heterocycles. The number of nitrogens with zero attached hydrogens (tertiary/aromatic N) is 1. The number of aliphatic hydroxyl groups is 1. The number of halogens is 1. The molecule has 0 atom stereocenters. The molecule has 0 saturated carbocycles. The van der Waals surface area contributed by atoms with E-state index in [2.05, 4.69) is 72.0 Å². The highest BCUT2D eigenvalue weighted by Gasteiger charge is 2.11. The fraction of sp³-hybridized carbons (Fsp3) is 0.600. The smallest absolute Gasteiger partial charge is 0.0606 e. The number of rotatable bonds is 7. The summed E-state index contributed by atoms with van der Waals surface area (Å²) in [6, 6.07) is 7.25. The minimum atomic E-state index is 0.173. The molecular formula is C15H25BrN2O. The van der Waals surface area contributed by atoms with Gasteiger partial charge in [0.2, 0.25) is 0 Å². The zero-order valence-electron chi connectivity index (χ0n) is 12.3. The third-order valence-electron chi connectivity index (χ3n) is 3.03. The molecule has 3 nitrogen and oxygen atoms in total. The maximum Gasteiger partial charge on any atom is 0.0606 e. The average Bonchev–Trinajstić information content (AvgIpc) is 2.33. The Balaban J connectivity index is 2.85. The standard InChI is InChI=1S/C15H25BrN2O/c1-11(2)17-10-13-5-6-14(9-15(13)16)18(7-8-19)12(3)4/h5-6,9,11-12,17,19H,7-8,10H2,1-4H3. The van der Waals surface area contributed by atoms with E-state index in [1.807, 2.05) is 0 Å². The zero-order valence-corrected chi connectivity index (χ0v) is 13.9. The summed E-state index contributed by atoms with van der Waals surface area (Å²) in [7, 11) is 0. The van der Waals surface area contributed by atoms with E-state index in [-0.39, 0.29) is 6.61 Å². The van der Waals surface area contributed by atoms with Gasteiger partial charge in [-0.1, -0.05) is 35.8 Å². The number of aliphatic hydroxyl groups excluding tert-OH is 1. The van der Waals surface area contributed by atoms with Crippen molar-refractivity contribution in [3.05, 3.63) is 28.2 Å². The van der Waals surface area contributed by atoms with Crippen molar-refractivity contribution in [1.82, 2.24) is 5.32 Å². The molecule has 0 aliphatic heterocycles. The van der Waals surface area contributed by atoms with Gasteiger partial charge in [0.15, 0.2) is 0 Å². The van der Waals surface area contributed by atoms with Crippen molar-refractivity contribution in [1.29, 1.82) is 0 Å². The van der Waals surface area contributed by atoms with Gasteiger partial charge in [-0.25, -0.2) is 0 Å². The maximum absolute atomic E-state index is 9.15. The Bertz CT molecular complexity index is 394. The minimum Gasteiger partial charge on any atom is -0.395 e. The van der Waals surface area contributed by atoms with E-state index in [9.17, 15) is 0 Å². The molecule has 0 aliphatic rings. The van der Waals surface area contributed by atoms with Crippen LogP contribution in [0.2, 0.25) is 0 Å². The maximum atomic E-state index is 9.15. The summed E-state index contributed by atoms with van der Waals surface area (Å²) in [6.07, 6.45) is 0. The summed E-state index contributed by atoms with van der Waals surface area (Å²) in [5.41, 5.74) is 2.40.